The SMILES string of the molecule is N#CC(C#N)=C(C#N)Nc1ccc(C(=O)c2cccs2)cc1. The molecule has 0 fully saturated rings. The number of nitrogens with one attached hydrogen (secondary N) is 1. The summed E-state index contributed by atoms with van der Waals surface area (Å²) in [4.78, 5) is 12.8. The van der Waals surface area contributed by atoms with Crippen LogP contribution in [0.1, 0.15) is 15.2 Å². The first-order valence-corrected chi connectivity index (χ1v) is 6.97. The molecular formula is C16H8N4OS. The fourth-order valence-electron chi connectivity index (χ4n) is 1.68. The van der Waals surface area contributed by atoms with Crippen LogP contribution in [0.25, 0.3) is 0 Å². The maximum atomic E-state index is 12.1. The van der Waals surface area contributed by atoms with Crippen molar-refractivity contribution in [3.63, 3.8) is 0 Å². The Labute approximate surface area is 131 Å². The van der Waals surface area contributed by atoms with Gasteiger partial charge in [0.2, 0.25) is 5.78 Å². The van der Waals surface area contributed by atoms with Gasteiger partial charge >= 0.3 is 0 Å². The van der Waals surface area contributed by atoms with Crippen molar-refractivity contribution in [1.29, 1.82) is 15.8 Å². The predicted molar refractivity (Wildman–Crippen MR) is 81.7 cm³/mol. The molecule has 1 heterocycles. The van der Waals surface area contributed by atoms with Crippen LogP contribution in [0.3, 0.4) is 0 Å². The smallest absolute Gasteiger partial charge is 0.202 e. The monoisotopic (exact) mass is 304 g/mol. The highest BCUT2D eigenvalue weighted by molar-refractivity contribution is 7.12. The normalized spacial score (nSPS) is 8.95. The Hall–Kier alpha value is -3.40. The standard InChI is InChI=1S/C16H8N4OS/c17-8-12(9-18)14(10-19)20-13-5-3-11(4-6-13)16(21)15-2-1-7-22-15/h1-7,20H. The molecule has 0 atom stereocenters. The van der Waals surface area contributed by atoms with E-state index in [9.17, 15) is 4.79 Å². The highest BCUT2D eigenvalue weighted by atomic mass is 32.1. The molecule has 104 valence electrons. The first kappa shape index (κ1) is 15.0. The third-order valence-corrected chi connectivity index (χ3v) is 3.62. The predicted octanol–water partition coefficient (Wildman–Crippen LogP) is 3.22. The number of thiophene rings is 1. The summed E-state index contributed by atoms with van der Waals surface area (Å²) in [6, 6.07) is 15.1. The molecule has 2 aromatic rings. The minimum atomic E-state index is -0.291. The molecule has 0 amide bonds. The lowest BCUT2D eigenvalue weighted by atomic mass is 10.1. The Morgan fingerprint density at radius 2 is 1.68 bits per heavy atom. The molecule has 1 aromatic heterocycles. The van der Waals surface area contributed by atoms with Gasteiger partial charge in [-0.15, -0.1) is 11.3 Å². The summed E-state index contributed by atoms with van der Waals surface area (Å²) in [6.45, 7) is 0. The minimum Gasteiger partial charge on any atom is -0.345 e. The molecule has 1 aromatic carbocycles. The fraction of sp³-hybridized carbons (Fsp3) is 0. The lowest BCUT2D eigenvalue weighted by Gasteiger charge is -2.05. The molecule has 0 saturated carbocycles. The zero-order valence-electron chi connectivity index (χ0n) is 11.2. The quantitative estimate of drug-likeness (QED) is 0.690. The number of hydrogen-bond acceptors (Lipinski definition) is 6. The van der Waals surface area contributed by atoms with E-state index in [-0.39, 0.29) is 17.1 Å². The number of rotatable bonds is 4. The lowest BCUT2D eigenvalue weighted by molar-refractivity contribution is 0.104. The van der Waals surface area contributed by atoms with Crippen LogP contribution in [-0.2, 0) is 0 Å². The van der Waals surface area contributed by atoms with Gasteiger partial charge in [-0.1, -0.05) is 6.07 Å². The number of benzene rings is 1. The summed E-state index contributed by atoms with van der Waals surface area (Å²) in [5.41, 5.74) is 0.627. The molecule has 0 radical (unpaired) electrons. The molecule has 2 rings (SSSR count). The lowest BCUT2D eigenvalue weighted by Crippen LogP contribution is -2.02. The van der Waals surface area contributed by atoms with Crippen molar-refractivity contribution >= 4 is 22.8 Å². The second-order valence-corrected chi connectivity index (χ2v) is 5.04. The number of nitriles is 3. The third kappa shape index (κ3) is 3.19. The van der Waals surface area contributed by atoms with E-state index in [1.54, 1.807) is 48.5 Å². The number of hydrogen-bond donors (Lipinski definition) is 1. The van der Waals surface area contributed by atoms with Crippen LogP contribution in [-0.4, -0.2) is 5.78 Å². The van der Waals surface area contributed by atoms with Gasteiger partial charge in [-0.05, 0) is 35.7 Å². The Bertz CT molecular complexity index is 828. The first-order valence-electron chi connectivity index (χ1n) is 6.09. The number of carbonyl (C=O) groups is 1. The summed E-state index contributed by atoms with van der Waals surface area (Å²) in [5.74, 6) is -0.0765. The van der Waals surface area contributed by atoms with Gasteiger partial charge in [-0.3, -0.25) is 4.79 Å². The molecule has 1 N–H and O–H groups in total. The van der Waals surface area contributed by atoms with E-state index in [1.807, 2.05) is 11.4 Å². The van der Waals surface area contributed by atoms with Crippen molar-refractivity contribution in [2.75, 3.05) is 5.32 Å². The Morgan fingerprint density at radius 3 is 2.18 bits per heavy atom. The Balaban J connectivity index is 2.22. The van der Waals surface area contributed by atoms with E-state index < -0.39 is 0 Å². The van der Waals surface area contributed by atoms with E-state index in [4.69, 9.17) is 15.8 Å². The zero-order valence-corrected chi connectivity index (χ0v) is 12.0. The summed E-state index contributed by atoms with van der Waals surface area (Å²) in [5, 5.41) is 31.0. The van der Waals surface area contributed by atoms with Gasteiger partial charge in [0.1, 0.15) is 23.9 Å². The van der Waals surface area contributed by atoms with Crippen molar-refractivity contribution in [1.82, 2.24) is 0 Å². The Kier molecular flexibility index (Phi) is 4.67. The highest BCUT2D eigenvalue weighted by Gasteiger charge is 2.10. The minimum absolute atomic E-state index is 0.0765. The number of nitrogens with zero attached hydrogens (tertiary/aromatic N) is 3. The van der Waals surface area contributed by atoms with Crippen LogP contribution in [0.15, 0.2) is 53.0 Å². The van der Waals surface area contributed by atoms with Gasteiger partial charge in [0.25, 0.3) is 0 Å². The summed E-state index contributed by atoms with van der Waals surface area (Å²) >= 11 is 1.37. The molecule has 0 aliphatic rings. The summed E-state index contributed by atoms with van der Waals surface area (Å²) in [6.07, 6.45) is 0. The molecule has 0 saturated heterocycles. The van der Waals surface area contributed by atoms with E-state index >= 15 is 0 Å². The van der Waals surface area contributed by atoms with Crippen LogP contribution in [0.5, 0.6) is 0 Å². The van der Waals surface area contributed by atoms with Crippen LogP contribution >= 0.6 is 11.3 Å². The number of ketones is 1. The van der Waals surface area contributed by atoms with Crippen molar-refractivity contribution in [3.05, 3.63) is 63.5 Å². The summed E-state index contributed by atoms with van der Waals surface area (Å²) in [7, 11) is 0. The molecule has 0 unspecified atom stereocenters. The van der Waals surface area contributed by atoms with Crippen LogP contribution in [0, 0.1) is 34.0 Å². The highest BCUT2D eigenvalue weighted by Crippen LogP contribution is 2.18. The van der Waals surface area contributed by atoms with E-state index in [1.165, 1.54) is 11.3 Å². The van der Waals surface area contributed by atoms with Crippen molar-refractivity contribution in [2.45, 2.75) is 0 Å². The average molecular weight is 304 g/mol. The van der Waals surface area contributed by atoms with E-state index in [2.05, 4.69) is 5.32 Å². The number of carbonyl (C=O) groups excluding carboxylic acids is 1. The molecule has 0 bridgehead atoms. The summed E-state index contributed by atoms with van der Waals surface area (Å²) < 4.78 is 0. The van der Waals surface area contributed by atoms with E-state index in [0.717, 1.165) is 0 Å². The molecule has 0 aliphatic carbocycles. The maximum absolute atomic E-state index is 12.1. The second-order valence-electron chi connectivity index (χ2n) is 4.09. The number of allylic oxidation sites excluding steroid dienone is 2. The van der Waals surface area contributed by atoms with Gasteiger partial charge < -0.3 is 5.32 Å². The van der Waals surface area contributed by atoms with Gasteiger partial charge in [0.05, 0.1) is 4.88 Å². The molecule has 5 nitrogen and oxygen atoms in total. The molecule has 22 heavy (non-hydrogen) atoms. The van der Waals surface area contributed by atoms with Gasteiger partial charge in [-0.2, -0.15) is 15.8 Å². The zero-order chi connectivity index (χ0) is 15.9. The van der Waals surface area contributed by atoms with Crippen molar-refractivity contribution < 1.29 is 4.79 Å². The molecule has 0 spiro atoms. The van der Waals surface area contributed by atoms with Gasteiger partial charge in [0.15, 0.2) is 5.57 Å². The van der Waals surface area contributed by atoms with Gasteiger partial charge in [-0.25, -0.2) is 0 Å². The number of anilines is 1. The average Bonchev–Trinajstić information content (AvgIpc) is 3.09. The maximum Gasteiger partial charge on any atom is 0.202 e. The first-order chi connectivity index (χ1) is 10.7. The fourth-order valence-corrected chi connectivity index (χ4v) is 2.37. The third-order valence-electron chi connectivity index (χ3n) is 2.75. The second kappa shape index (κ2) is 6.85. The van der Waals surface area contributed by atoms with Gasteiger partial charge in [0, 0.05) is 11.3 Å². The molecular weight excluding hydrogens is 296 g/mol. The van der Waals surface area contributed by atoms with Crippen LogP contribution in [0.2, 0.25) is 0 Å². The molecule has 6 heteroatoms. The van der Waals surface area contributed by atoms with Crippen LogP contribution < -0.4 is 5.32 Å². The van der Waals surface area contributed by atoms with Crippen LogP contribution in [0.4, 0.5) is 5.69 Å². The largest absolute Gasteiger partial charge is 0.345 e. The molecule has 0 aliphatic heterocycles. The Morgan fingerprint density at radius 1 is 1.00 bits per heavy atom. The van der Waals surface area contributed by atoms with Crippen molar-refractivity contribution in [2.24, 2.45) is 0 Å². The van der Waals surface area contributed by atoms with Crippen molar-refractivity contribution in [3.8, 4) is 18.2 Å². The van der Waals surface area contributed by atoms with E-state index in [0.29, 0.717) is 16.1 Å². The topological polar surface area (TPSA) is 100 Å².